The second-order valence-electron chi connectivity index (χ2n) is 6.25. The van der Waals surface area contributed by atoms with Crippen molar-refractivity contribution in [2.75, 3.05) is 22.1 Å². The Labute approximate surface area is 167 Å². The van der Waals surface area contributed by atoms with Crippen LogP contribution in [0.5, 0.6) is 0 Å². The fourth-order valence-electron chi connectivity index (χ4n) is 2.55. The molecular weight excluding hydrogens is 374 g/mol. The Morgan fingerprint density at radius 1 is 1.00 bits per heavy atom. The number of amides is 2. The maximum absolute atomic E-state index is 12.1. The minimum absolute atomic E-state index is 0.124. The molecule has 7 nitrogen and oxygen atoms in total. The molecule has 0 saturated heterocycles. The minimum atomic E-state index is -0.141. The van der Waals surface area contributed by atoms with E-state index in [0.29, 0.717) is 6.54 Å². The second-order valence-corrected chi connectivity index (χ2v) is 7.23. The molecular formula is C20H21N5O2S. The fraction of sp³-hybridized carbons (Fsp3) is 0.200. The van der Waals surface area contributed by atoms with Crippen LogP contribution in [0, 0.1) is 6.92 Å². The standard InChI is InChI=1S/C20H21N5O2S/c1-15-3-2-4-18(9-15)24-20(27)12-28-11-19(26)23-17-7-5-16(6-8-17)10-25-14-21-13-22-25/h2-9,13-14H,10-12H2,1H3,(H,23,26)(H,24,27). The molecule has 0 fully saturated rings. The van der Waals surface area contributed by atoms with Crippen LogP contribution in [-0.4, -0.2) is 38.1 Å². The number of hydrogen-bond acceptors (Lipinski definition) is 5. The second kappa shape index (κ2) is 9.70. The molecule has 0 aliphatic carbocycles. The van der Waals surface area contributed by atoms with Crippen LogP contribution in [0.2, 0.25) is 0 Å². The molecule has 0 spiro atoms. The zero-order valence-corrected chi connectivity index (χ0v) is 16.3. The number of aromatic nitrogens is 3. The van der Waals surface area contributed by atoms with E-state index in [1.807, 2.05) is 55.5 Å². The first-order valence-electron chi connectivity index (χ1n) is 8.74. The Kier molecular flexibility index (Phi) is 6.80. The van der Waals surface area contributed by atoms with Crippen LogP contribution in [-0.2, 0) is 16.1 Å². The van der Waals surface area contributed by atoms with Crippen LogP contribution in [0.3, 0.4) is 0 Å². The van der Waals surface area contributed by atoms with Crippen LogP contribution < -0.4 is 10.6 Å². The molecule has 0 radical (unpaired) electrons. The molecule has 1 heterocycles. The predicted octanol–water partition coefficient (Wildman–Crippen LogP) is 2.95. The van der Waals surface area contributed by atoms with Gasteiger partial charge in [0.1, 0.15) is 12.7 Å². The van der Waals surface area contributed by atoms with E-state index >= 15 is 0 Å². The van der Waals surface area contributed by atoms with Crippen molar-refractivity contribution in [1.82, 2.24) is 14.8 Å². The van der Waals surface area contributed by atoms with E-state index in [9.17, 15) is 9.59 Å². The molecule has 0 aliphatic heterocycles. The molecule has 2 N–H and O–H groups in total. The highest BCUT2D eigenvalue weighted by atomic mass is 32.2. The Morgan fingerprint density at radius 2 is 1.71 bits per heavy atom. The number of carbonyl (C=O) groups excluding carboxylic acids is 2. The van der Waals surface area contributed by atoms with Crippen LogP contribution in [0.1, 0.15) is 11.1 Å². The Balaban J connectivity index is 1.38. The molecule has 28 heavy (non-hydrogen) atoms. The van der Waals surface area contributed by atoms with Crippen molar-refractivity contribution < 1.29 is 9.59 Å². The van der Waals surface area contributed by atoms with E-state index in [1.165, 1.54) is 18.1 Å². The van der Waals surface area contributed by atoms with Crippen molar-refractivity contribution in [3.8, 4) is 0 Å². The number of aryl methyl sites for hydroxylation is 1. The maximum atomic E-state index is 12.1. The average Bonchev–Trinajstić information content (AvgIpc) is 3.16. The van der Waals surface area contributed by atoms with Crippen LogP contribution in [0.25, 0.3) is 0 Å². The van der Waals surface area contributed by atoms with Crippen LogP contribution >= 0.6 is 11.8 Å². The number of hydrogen-bond donors (Lipinski definition) is 2. The van der Waals surface area contributed by atoms with Crippen molar-refractivity contribution in [2.45, 2.75) is 13.5 Å². The van der Waals surface area contributed by atoms with Gasteiger partial charge in [0, 0.05) is 11.4 Å². The number of thioether (sulfide) groups is 1. The van der Waals surface area contributed by atoms with Crippen LogP contribution in [0.15, 0.2) is 61.2 Å². The summed E-state index contributed by atoms with van der Waals surface area (Å²) in [5.74, 6) is 0.165. The van der Waals surface area contributed by atoms with Gasteiger partial charge in [0.05, 0.1) is 18.1 Å². The van der Waals surface area contributed by atoms with E-state index < -0.39 is 0 Å². The first-order valence-corrected chi connectivity index (χ1v) is 9.89. The topological polar surface area (TPSA) is 88.9 Å². The fourth-order valence-corrected chi connectivity index (χ4v) is 3.17. The lowest BCUT2D eigenvalue weighted by atomic mass is 10.2. The highest BCUT2D eigenvalue weighted by Gasteiger charge is 2.07. The number of nitrogens with zero attached hydrogens (tertiary/aromatic N) is 3. The van der Waals surface area contributed by atoms with Gasteiger partial charge >= 0.3 is 0 Å². The zero-order valence-electron chi connectivity index (χ0n) is 15.5. The third kappa shape index (κ3) is 6.24. The average molecular weight is 395 g/mol. The van der Waals surface area contributed by atoms with E-state index in [2.05, 4.69) is 20.7 Å². The SMILES string of the molecule is Cc1cccc(NC(=O)CSCC(=O)Nc2ccc(Cn3cncn3)cc2)c1. The van der Waals surface area contributed by atoms with E-state index in [0.717, 1.165) is 22.5 Å². The van der Waals surface area contributed by atoms with E-state index in [4.69, 9.17) is 0 Å². The molecule has 3 aromatic rings. The summed E-state index contributed by atoms with van der Waals surface area (Å²) >= 11 is 1.28. The van der Waals surface area contributed by atoms with Crippen molar-refractivity contribution >= 4 is 35.0 Å². The van der Waals surface area contributed by atoms with Gasteiger partial charge in [0.25, 0.3) is 0 Å². The third-order valence-electron chi connectivity index (χ3n) is 3.82. The predicted molar refractivity (Wildman–Crippen MR) is 111 cm³/mol. The van der Waals surface area contributed by atoms with Gasteiger partial charge in [0.15, 0.2) is 0 Å². The smallest absolute Gasteiger partial charge is 0.234 e. The summed E-state index contributed by atoms with van der Waals surface area (Å²) in [6.45, 7) is 2.59. The van der Waals surface area contributed by atoms with Gasteiger partial charge in [-0.05, 0) is 42.3 Å². The molecule has 0 aliphatic rings. The monoisotopic (exact) mass is 395 g/mol. The van der Waals surface area contributed by atoms with Crippen LogP contribution in [0.4, 0.5) is 11.4 Å². The minimum Gasteiger partial charge on any atom is -0.325 e. The quantitative estimate of drug-likeness (QED) is 0.612. The molecule has 0 unspecified atom stereocenters. The molecule has 0 atom stereocenters. The first-order chi connectivity index (χ1) is 13.6. The molecule has 1 aromatic heterocycles. The third-order valence-corrected chi connectivity index (χ3v) is 4.75. The summed E-state index contributed by atoms with van der Waals surface area (Å²) in [6, 6.07) is 15.2. The molecule has 2 amide bonds. The highest BCUT2D eigenvalue weighted by Crippen LogP contribution is 2.13. The molecule has 0 saturated carbocycles. The van der Waals surface area contributed by atoms with Gasteiger partial charge in [-0.2, -0.15) is 5.10 Å². The summed E-state index contributed by atoms with van der Waals surface area (Å²) in [4.78, 5) is 27.9. The van der Waals surface area contributed by atoms with Crippen molar-refractivity contribution in [1.29, 1.82) is 0 Å². The Bertz CT molecular complexity index is 926. The number of benzene rings is 2. The van der Waals surface area contributed by atoms with E-state index in [-0.39, 0.29) is 23.3 Å². The number of rotatable bonds is 8. The summed E-state index contributed by atoms with van der Waals surface area (Å²) in [7, 11) is 0. The van der Waals surface area contributed by atoms with Gasteiger partial charge in [0.2, 0.25) is 11.8 Å². The lowest BCUT2D eigenvalue weighted by Crippen LogP contribution is -2.18. The Morgan fingerprint density at radius 3 is 2.36 bits per heavy atom. The zero-order chi connectivity index (χ0) is 19.8. The van der Waals surface area contributed by atoms with Crippen molar-refractivity contribution in [3.63, 3.8) is 0 Å². The molecule has 144 valence electrons. The molecule has 2 aromatic carbocycles. The number of carbonyl (C=O) groups is 2. The lowest BCUT2D eigenvalue weighted by Gasteiger charge is -2.08. The number of nitrogens with one attached hydrogen (secondary N) is 2. The lowest BCUT2D eigenvalue weighted by molar-refractivity contribution is -0.114. The van der Waals surface area contributed by atoms with Gasteiger partial charge in [-0.25, -0.2) is 9.67 Å². The molecule has 0 bridgehead atoms. The summed E-state index contributed by atoms with van der Waals surface area (Å²) in [6.07, 6.45) is 3.15. The van der Waals surface area contributed by atoms with Gasteiger partial charge in [-0.1, -0.05) is 24.3 Å². The maximum Gasteiger partial charge on any atom is 0.234 e. The summed E-state index contributed by atoms with van der Waals surface area (Å²) < 4.78 is 1.73. The summed E-state index contributed by atoms with van der Waals surface area (Å²) in [5, 5.41) is 9.72. The number of anilines is 2. The normalized spacial score (nSPS) is 10.5. The summed E-state index contributed by atoms with van der Waals surface area (Å²) in [5.41, 5.74) is 3.63. The van der Waals surface area contributed by atoms with Gasteiger partial charge in [-0.3, -0.25) is 9.59 Å². The van der Waals surface area contributed by atoms with Crippen molar-refractivity contribution in [2.24, 2.45) is 0 Å². The Hall–Kier alpha value is -3.13. The van der Waals surface area contributed by atoms with Gasteiger partial charge < -0.3 is 10.6 Å². The van der Waals surface area contributed by atoms with Crippen molar-refractivity contribution in [3.05, 3.63) is 72.3 Å². The molecule has 3 rings (SSSR count). The van der Waals surface area contributed by atoms with Gasteiger partial charge in [-0.15, -0.1) is 11.8 Å². The first kappa shape index (κ1) is 19.6. The highest BCUT2D eigenvalue weighted by molar-refractivity contribution is 8.00. The molecule has 8 heteroatoms. The van der Waals surface area contributed by atoms with E-state index in [1.54, 1.807) is 11.0 Å². The largest absolute Gasteiger partial charge is 0.325 e.